The molecule has 3 nitrogen and oxygen atoms in total. The molecule has 1 aliphatic rings. The van der Waals surface area contributed by atoms with E-state index >= 15 is 0 Å². The van der Waals surface area contributed by atoms with Crippen LogP contribution in [0.25, 0.3) is 0 Å². The van der Waals surface area contributed by atoms with Gasteiger partial charge in [-0.05, 0) is 32.6 Å². The summed E-state index contributed by atoms with van der Waals surface area (Å²) in [5.74, 6) is 0. The minimum absolute atomic E-state index is 0.282. The Balaban J connectivity index is 2.03. The predicted octanol–water partition coefficient (Wildman–Crippen LogP) is 0.617. The first-order valence-corrected chi connectivity index (χ1v) is 5.35. The maximum absolute atomic E-state index is 8.91. The quantitative estimate of drug-likeness (QED) is 0.590. The van der Waals surface area contributed by atoms with E-state index in [4.69, 9.17) is 10.8 Å². The maximum Gasteiger partial charge on any atom is 0.0584 e. The van der Waals surface area contributed by atoms with Crippen LogP contribution >= 0.6 is 0 Å². The molecule has 0 saturated carbocycles. The molecule has 0 unspecified atom stereocenters. The Hall–Kier alpha value is -0.120. The molecule has 0 aliphatic carbocycles. The Morgan fingerprint density at radius 1 is 1.46 bits per heavy atom. The lowest BCUT2D eigenvalue weighted by atomic mass is 10.1. The van der Waals surface area contributed by atoms with Gasteiger partial charge >= 0.3 is 0 Å². The molecule has 13 heavy (non-hydrogen) atoms. The molecule has 0 aromatic heterocycles. The molecule has 0 amide bonds. The minimum Gasteiger partial charge on any atom is -0.395 e. The van der Waals surface area contributed by atoms with E-state index in [1.165, 1.54) is 19.3 Å². The van der Waals surface area contributed by atoms with E-state index in [-0.39, 0.29) is 6.61 Å². The van der Waals surface area contributed by atoms with Crippen LogP contribution in [-0.2, 0) is 0 Å². The summed E-state index contributed by atoms with van der Waals surface area (Å²) in [4.78, 5) is 0. The van der Waals surface area contributed by atoms with Gasteiger partial charge in [-0.2, -0.15) is 0 Å². The standard InChI is InChI=1S/C10H22N2O/c1-8(11)3-2-4-9-5-6-10(7-13)12-9/h8-10,12-13H,2-7,11H2,1H3/t8-,9-,10-/m0/s1. The van der Waals surface area contributed by atoms with Crippen molar-refractivity contribution < 1.29 is 5.11 Å². The zero-order valence-electron chi connectivity index (χ0n) is 8.50. The third kappa shape index (κ3) is 4.07. The first kappa shape index (κ1) is 11.0. The summed E-state index contributed by atoms with van der Waals surface area (Å²) >= 11 is 0. The highest BCUT2D eigenvalue weighted by molar-refractivity contribution is 4.82. The summed E-state index contributed by atoms with van der Waals surface area (Å²) in [5, 5.41) is 12.3. The summed E-state index contributed by atoms with van der Waals surface area (Å²) in [7, 11) is 0. The Kier molecular flexibility index (Phi) is 4.70. The monoisotopic (exact) mass is 186 g/mol. The molecule has 1 saturated heterocycles. The largest absolute Gasteiger partial charge is 0.395 e. The molecular weight excluding hydrogens is 164 g/mol. The maximum atomic E-state index is 8.91. The minimum atomic E-state index is 0.282. The van der Waals surface area contributed by atoms with Gasteiger partial charge in [-0.15, -0.1) is 0 Å². The van der Waals surface area contributed by atoms with Gasteiger partial charge in [0.05, 0.1) is 6.61 Å². The van der Waals surface area contributed by atoms with Gasteiger partial charge in [0.2, 0.25) is 0 Å². The summed E-state index contributed by atoms with van der Waals surface area (Å²) in [6, 6.07) is 1.30. The van der Waals surface area contributed by atoms with Crippen molar-refractivity contribution in [3.05, 3.63) is 0 Å². The van der Waals surface area contributed by atoms with E-state index in [2.05, 4.69) is 12.2 Å². The van der Waals surface area contributed by atoms with Gasteiger partial charge < -0.3 is 16.2 Å². The molecule has 1 aliphatic heterocycles. The fourth-order valence-electron chi connectivity index (χ4n) is 1.96. The lowest BCUT2D eigenvalue weighted by Gasteiger charge is -2.13. The van der Waals surface area contributed by atoms with Crippen molar-refractivity contribution in [2.24, 2.45) is 5.73 Å². The topological polar surface area (TPSA) is 58.3 Å². The fourth-order valence-corrected chi connectivity index (χ4v) is 1.96. The highest BCUT2D eigenvalue weighted by Crippen LogP contribution is 2.16. The van der Waals surface area contributed by atoms with E-state index in [0.717, 1.165) is 12.8 Å². The molecular formula is C10H22N2O. The third-order valence-electron chi connectivity index (χ3n) is 2.77. The first-order valence-electron chi connectivity index (χ1n) is 5.35. The van der Waals surface area contributed by atoms with Crippen molar-refractivity contribution in [2.45, 2.75) is 57.2 Å². The number of aliphatic hydroxyl groups is 1. The van der Waals surface area contributed by atoms with Gasteiger partial charge in [0.25, 0.3) is 0 Å². The Bertz CT molecular complexity index is 139. The molecule has 1 heterocycles. The number of hydrogen-bond donors (Lipinski definition) is 3. The van der Waals surface area contributed by atoms with Crippen molar-refractivity contribution >= 4 is 0 Å². The SMILES string of the molecule is C[C@H](N)CCC[C@H]1CC[C@@H](CO)N1. The summed E-state index contributed by atoms with van der Waals surface area (Å²) in [6.45, 7) is 2.34. The van der Waals surface area contributed by atoms with Gasteiger partial charge in [0.1, 0.15) is 0 Å². The lowest BCUT2D eigenvalue weighted by molar-refractivity contribution is 0.250. The molecule has 3 heteroatoms. The number of nitrogens with two attached hydrogens (primary N) is 1. The van der Waals surface area contributed by atoms with E-state index in [1.54, 1.807) is 0 Å². The van der Waals surface area contributed by atoms with Crippen LogP contribution in [0, 0.1) is 0 Å². The van der Waals surface area contributed by atoms with Crippen molar-refractivity contribution in [1.82, 2.24) is 5.32 Å². The second kappa shape index (κ2) is 5.58. The van der Waals surface area contributed by atoms with E-state index in [0.29, 0.717) is 18.1 Å². The highest BCUT2D eigenvalue weighted by atomic mass is 16.3. The molecule has 4 N–H and O–H groups in total. The normalized spacial score (nSPS) is 30.7. The molecule has 0 spiro atoms. The van der Waals surface area contributed by atoms with E-state index in [1.807, 2.05) is 0 Å². The van der Waals surface area contributed by atoms with Crippen LogP contribution in [0.2, 0.25) is 0 Å². The number of nitrogens with one attached hydrogen (secondary N) is 1. The van der Waals surface area contributed by atoms with Crippen LogP contribution in [0.15, 0.2) is 0 Å². The van der Waals surface area contributed by atoms with Crippen molar-refractivity contribution in [3.63, 3.8) is 0 Å². The fraction of sp³-hybridized carbons (Fsp3) is 1.00. The van der Waals surface area contributed by atoms with Gasteiger partial charge in [-0.1, -0.05) is 6.42 Å². The van der Waals surface area contributed by atoms with Crippen LogP contribution in [0.1, 0.15) is 39.0 Å². The van der Waals surface area contributed by atoms with Crippen LogP contribution in [-0.4, -0.2) is 29.8 Å². The van der Waals surface area contributed by atoms with Crippen molar-refractivity contribution in [3.8, 4) is 0 Å². The molecule has 1 rings (SSSR count). The smallest absolute Gasteiger partial charge is 0.0584 e. The number of rotatable bonds is 5. The zero-order valence-corrected chi connectivity index (χ0v) is 8.50. The van der Waals surface area contributed by atoms with Crippen molar-refractivity contribution in [1.29, 1.82) is 0 Å². The molecule has 0 aromatic rings. The van der Waals surface area contributed by atoms with Crippen LogP contribution in [0.3, 0.4) is 0 Å². The van der Waals surface area contributed by atoms with Gasteiger partial charge in [0, 0.05) is 18.1 Å². The third-order valence-corrected chi connectivity index (χ3v) is 2.77. The highest BCUT2D eigenvalue weighted by Gasteiger charge is 2.21. The number of aliphatic hydroxyl groups excluding tert-OH is 1. The first-order chi connectivity index (χ1) is 6.22. The van der Waals surface area contributed by atoms with Gasteiger partial charge in [0.15, 0.2) is 0 Å². The zero-order chi connectivity index (χ0) is 9.68. The molecule has 3 atom stereocenters. The van der Waals surface area contributed by atoms with Gasteiger partial charge in [-0.25, -0.2) is 0 Å². The van der Waals surface area contributed by atoms with Crippen LogP contribution in [0.5, 0.6) is 0 Å². The second-order valence-electron chi connectivity index (χ2n) is 4.23. The Labute approximate surface area is 80.7 Å². The van der Waals surface area contributed by atoms with E-state index < -0.39 is 0 Å². The number of hydrogen-bond acceptors (Lipinski definition) is 3. The average molecular weight is 186 g/mol. The van der Waals surface area contributed by atoms with Gasteiger partial charge in [-0.3, -0.25) is 0 Å². The molecule has 0 radical (unpaired) electrons. The van der Waals surface area contributed by atoms with Crippen LogP contribution < -0.4 is 11.1 Å². The predicted molar refractivity (Wildman–Crippen MR) is 54.5 cm³/mol. The molecule has 0 bridgehead atoms. The Morgan fingerprint density at radius 3 is 2.69 bits per heavy atom. The summed E-state index contributed by atoms with van der Waals surface area (Å²) in [6.07, 6.45) is 5.86. The molecule has 0 aromatic carbocycles. The van der Waals surface area contributed by atoms with Crippen molar-refractivity contribution in [2.75, 3.05) is 6.61 Å². The summed E-state index contributed by atoms with van der Waals surface area (Å²) in [5.41, 5.74) is 5.67. The molecule has 1 fully saturated rings. The van der Waals surface area contributed by atoms with E-state index in [9.17, 15) is 0 Å². The van der Waals surface area contributed by atoms with Crippen LogP contribution in [0.4, 0.5) is 0 Å². The second-order valence-corrected chi connectivity index (χ2v) is 4.23. The summed E-state index contributed by atoms with van der Waals surface area (Å²) < 4.78 is 0. The molecule has 78 valence electrons. The lowest BCUT2D eigenvalue weighted by Crippen LogP contribution is -2.31. The average Bonchev–Trinajstić information content (AvgIpc) is 2.52. The Morgan fingerprint density at radius 2 is 2.15 bits per heavy atom.